The second kappa shape index (κ2) is 4.88. The van der Waals surface area contributed by atoms with Crippen molar-refractivity contribution in [3.8, 4) is 0 Å². The highest BCUT2D eigenvalue weighted by molar-refractivity contribution is 6.30. The fraction of sp³-hybridized carbons (Fsp3) is 0.462. The summed E-state index contributed by atoms with van der Waals surface area (Å²) in [6, 6.07) is 5.45. The molecule has 98 valence electrons. The Balaban J connectivity index is 2.37. The molecular formula is C13H16ClNO3. The Labute approximate surface area is 111 Å². The largest absolute Gasteiger partial charge is 0.458 e. The van der Waals surface area contributed by atoms with E-state index in [1.807, 2.05) is 6.07 Å². The van der Waals surface area contributed by atoms with Crippen molar-refractivity contribution in [3.05, 3.63) is 34.3 Å². The Kier molecular flexibility index (Phi) is 3.61. The maximum Gasteiger partial charge on any atom is 0.303 e. The lowest BCUT2D eigenvalue weighted by molar-refractivity contribution is -0.145. The van der Waals surface area contributed by atoms with Crippen LogP contribution in [0.5, 0.6) is 0 Å². The first kappa shape index (κ1) is 13.3. The molecule has 18 heavy (non-hydrogen) atoms. The summed E-state index contributed by atoms with van der Waals surface area (Å²) in [6.07, 6.45) is -0.378. The van der Waals surface area contributed by atoms with E-state index < -0.39 is 5.54 Å². The fourth-order valence-corrected chi connectivity index (χ4v) is 2.29. The van der Waals surface area contributed by atoms with Crippen molar-refractivity contribution in [3.63, 3.8) is 0 Å². The van der Waals surface area contributed by atoms with E-state index >= 15 is 0 Å². The number of halogens is 1. The molecule has 1 heterocycles. The quantitative estimate of drug-likeness (QED) is 0.854. The Hall–Kier alpha value is -1.10. The Morgan fingerprint density at radius 2 is 2.22 bits per heavy atom. The van der Waals surface area contributed by atoms with Gasteiger partial charge in [-0.15, -0.1) is 0 Å². The van der Waals surface area contributed by atoms with E-state index in [1.165, 1.54) is 6.92 Å². The number of nitrogens with two attached hydrogens (primary N) is 1. The molecule has 0 aromatic heterocycles. The van der Waals surface area contributed by atoms with Gasteiger partial charge >= 0.3 is 5.97 Å². The lowest BCUT2D eigenvalue weighted by Crippen LogP contribution is -2.54. The summed E-state index contributed by atoms with van der Waals surface area (Å²) in [6.45, 7) is 4.12. The smallest absolute Gasteiger partial charge is 0.303 e. The van der Waals surface area contributed by atoms with E-state index in [2.05, 4.69) is 0 Å². The molecule has 1 aromatic carbocycles. The minimum absolute atomic E-state index is 0.329. The van der Waals surface area contributed by atoms with Gasteiger partial charge in [0, 0.05) is 11.9 Å². The molecule has 5 heteroatoms. The molecule has 1 fully saturated rings. The van der Waals surface area contributed by atoms with Crippen molar-refractivity contribution in [1.82, 2.24) is 0 Å². The van der Waals surface area contributed by atoms with Crippen LogP contribution < -0.4 is 5.73 Å². The van der Waals surface area contributed by atoms with Crippen LogP contribution in [0.3, 0.4) is 0 Å². The van der Waals surface area contributed by atoms with Crippen molar-refractivity contribution in [2.75, 3.05) is 13.2 Å². The van der Waals surface area contributed by atoms with Gasteiger partial charge in [-0.25, -0.2) is 0 Å². The van der Waals surface area contributed by atoms with Crippen LogP contribution in [0.2, 0.25) is 5.02 Å². The monoisotopic (exact) mass is 269 g/mol. The second-order valence-corrected chi connectivity index (χ2v) is 5.07. The zero-order valence-corrected chi connectivity index (χ0v) is 11.2. The lowest BCUT2D eigenvalue weighted by atomic mass is 9.84. The van der Waals surface area contributed by atoms with Crippen LogP contribution in [-0.2, 0) is 19.8 Å². The third kappa shape index (κ3) is 2.51. The predicted octanol–water partition coefficient (Wildman–Crippen LogP) is 2.15. The molecule has 1 atom stereocenters. The van der Waals surface area contributed by atoms with Crippen LogP contribution in [0.15, 0.2) is 18.2 Å². The summed E-state index contributed by atoms with van der Waals surface area (Å²) in [5.74, 6) is -0.329. The summed E-state index contributed by atoms with van der Waals surface area (Å²) < 4.78 is 10.4. The van der Waals surface area contributed by atoms with Gasteiger partial charge in [-0.05, 0) is 30.2 Å². The van der Waals surface area contributed by atoms with Crippen molar-refractivity contribution < 1.29 is 14.3 Å². The maximum absolute atomic E-state index is 11.0. The molecular weight excluding hydrogens is 254 g/mol. The second-order valence-electron chi connectivity index (χ2n) is 4.63. The molecule has 2 N–H and O–H groups in total. The summed E-state index contributed by atoms with van der Waals surface area (Å²) in [5.41, 5.74) is 7.49. The zero-order valence-electron chi connectivity index (χ0n) is 10.4. The molecule has 1 saturated heterocycles. The van der Waals surface area contributed by atoms with Crippen molar-refractivity contribution in [2.45, 2.75) is 25.5 Å². The molecule has 2 rings (SSSR count). The topological polar surface area (TPSA) is 61.5 Å². The first-order chi connectivity index (χ1) is 8.42. The highest BCUT2D eigenvalue weighted by Crippen LogP contribution is 2.34. The molecule has 0 aliphatic carbocycles. The Bertz CT molecular complexity index is 471. The number of benzene rings is 1. The van der Waals surface area contributed by atoms with Crippen molar-refractivity contribution >= 4 is 17.6 Å². The minimum atomic E-state index is -0.506. The minimum Gasteiger partial charge on any atom is -0.458 e. The SMILES string of the molecule is CC(=O)OC(C)c1cc(Cl)ccc1C1(N)COC1. The summed E-state index contributed by atoms with van der Waals surface area (Å²) in [4.78, 5) is 11.0. The van der Waals surface area contributed by atoms with Gasteiger partial charge in [0.1, 0.15) is 6.10 Å². The predicted molar refractivity (Wildman–Crippen MR) is 68.3 cm³/mol. The number of rotatable bonds is 3. The van der Waals surface area contributed by atoms with Gasteiger partial charge in [-0.2, -0.15) is 0 Å². The number of hydrogen-bond acceptors (Lipinski definition) is 4. The van der Waals surface area contributed by atoms with E-state index in [0.717, 1.165) is 11.1 Å². The zero-order chi connectivity index (χ0) is 13.3. The molecule has 0 radical (unpaired) electrons. The molecule has 1 unspecified atom stereocenters. The fourth-order valence-electron chi connectivity index (χ4n) is 2.11. The van der Waals surface area contributed by atoms with E-state index in [4.69, 9.17) is 26.8 Å². The van der Waals surface area contributed by atoms with E-state index in [-0.39, 0.29) is 12.1 Å². The molecule has 0 amide bonds. The normalized spacial score (nSPS) is 18.9. The Morgan fingerprint density at radius 1 is 1.56 bits per heavy atom. The van der Waals surface area contributed by atoms with Crippen LogP contribution in [0.25, 0.3) is 0 Å². The molecule has 0 saturated carbocycles. The van der Waals surface area contributed by atoms with E-state index in [1.54, 1.807) is 19.1 Å². The molecule has 1 aliphatic heterocycles. The number of esters is 1. The summed E-state index contributed by atoms with van der Waals surface area (Å²) in [5, 5.41) is 0.594. The average Bonchev–Trinajstić information content (AvgIpc) is 2.25. The molecule has 1 aromatic rings. The van der Waals surface area contributed by atoms with Gasteiger partial charge in [0.2, 0.25) is 0 Å². The number of carbonyl (C=O) groups is 1. The standard InChI is InChI=1S/C13H16ClNO3/c1-8(18-9(2)16)11-5-10(14)3-4-12(11)13(15)6-17-7-13/h3-5,8H,6-7,15H2,1-2H3. The van der Waals surface area contributed by atoms with E-state index in [9.17, 15) is 4.79 Å². The van der Waals surface area contributed by atoms with Gasteiger partial charge < -0.3 is 15.2 Å². The van der Waals surface area contributed by atoms with E-state index in [0.29, 0.717) is 18.2 Å². The Morgan fingerprint density at radius 3 is 2.72 bits per heavy atom. The maximum atomic E-state index is 11.0. The van der Waals surface area contributed by atoms with Crippen LogP contribution in [0.1, 0.15) is 31.1 Å². The first-order valence-corrected chi connectivity index (χ1v) is 6.14. The van der Waals surface area contributed by atoms with Gasteiger partial charge in [0.25, 0.3) is 0 Å². The van der Waals surface area contributed by atoms with Crippen molar-refractivity contribution in [2.24, 2.45) is 5.73 Å². The summed E-state index contributed by atoms with van der Waals surface area (Å²) >= 11 is 6.00. The highest BCUT2D eigenvalue weighted by Gasteiger charge is 2.38. The van der Waals surface area contributed by atoms with Gasteiger partial charge in [0.15, 0.2) is 0 Å². The van der Waals surface area contributed by atoms with Crippen LogP contribution in [0.4, 0.5) is 0 Å². The van der Waals surface area contributed by atoms with Crippen LogP contribution in [0, 0.1) is 0 Å². The molecule has 4 nitrogen and oxygen atoms in total. The molecule has 0 spiro atoms. The number of hydrogen-bond donors (Lipinski definition) is 1. The highest BCUT2D eigenvalue weighted by atomic mass is 35.5. The van der Waals surface area contributed by atoms with Gasteiger partial charge in [-0.3, -0.25) is 4.79 Å². The molecule has 1 aliphatic rings. The summed E-state index contributed by atoms with van der Waals surface area (Å²) in [7, 11) is 0. The van der Waals surface area contributed by atoms with Gasteiger partial charge in [-0.1, -0.05) is 17.7 Å². The average molecular weight is 270 g/mol. The van der Waals surface area contributed by atoms with Crippen molar-refractivity contribution in [1.29, 1.82) is 0 Å². The number of ether oxygens (including phenoxy) is 2. The third-order valence-electron chi connectivity index (χ3n) is 3.05. The van der Waals surface area contributed by atoms with Crippen LogP contribution in [-0.4, -0.2) is 19.2 Å². The van der Waals surface area contributed by atoms with Crippen LogP contribution >= 0.6 is 11.6 Å². The van der Waals surface area contributed by atoms with Gasteiger partial charge in [0.05, 0.1) is 18.8 Å². The molecule has 0 bridgehead atoms. The number of carbonyl (C=O) groups excluding carboxylic acids is 1. The first-order valence-electron chi connectivity index (χ1n) is 5.76. The third-order valence-corrected chi connectivity index (χ3v) is 3.29. The lowest BCUT2D eigenvalue weighted by Gasteiger charge is -2.40.